The van der Waals surface area contributed by atoms with Gasteiger partial charge in [0.25, 0.3) is 0 Å². The Kier molecular flexibility index (Phi) is 6.27. The standard InChI is InChI=1S/C15H30N2O2/c1-5-12(6-2)10-17(7-3)11-15(4,14(18)19)16-13-8-9-13/h12-13,16H,5-11H2,1-4H3,(H,18,19). The van der Waals surface area contributed by atoms with Crippen LogP contribution in [-0.2, 0) is 4.79 Å². The highest BCUT2D eigenvalue weighted by Gasteiger charge is 2.39. The van der Waals surface area contributed by atoms with Crippen LogP contribution < -0.4 is 5.32 Å². The van der Waals surface area contributed by atoms with Crippen molar-refractivity contribution in [2.24, 2.45) is 5.92 Å². The van der Waals surface area contributed by atoms with E-state index in [0.717, 1.165) is 38.8 Å². The maximum atomic E-state index is 11.6. The van der Waals surface area contributed by atoms with Crippen molar-refractivity contribution in [1.82, 2.24) is 10.2 Å². The summed E-state index contributed by atoms with van der Waals surface area (Å²) in [5.74, 6) is -0.0682. The molecule has 0 spiro atoms. The highest BCUT2D eigenvalue weighted by molar-refractivity contribution is 5.78. The average Bonchev–Trinajstić information content (AvgIpc) is 3.17. The zero-order valence-electron chi connectivity index (χ0n) is 12.9. The van der Waals surface area contributed by atoms with Gasteiger partial charge in [0.1, 0.15) is 5.54 Å². The van der Waals surface area contributed by atoms with Crippen LogP contribution in [0.15, 0.2) is 0 Å². The van der Waals surface area contributed by atoms with E-state index in [-0.39, 0.29) is 0 Å². The zero-order valence-corrected chi connectivity index (χ0v) is 12.9. The molecule has 0 aliphatic heterocycles. The molecule has 0 aromatic rings. The van der Waals surface area contributed by atoms with Crippen LogP contribution in [0.4, 0.5) is 0 Å². The van der Waals surface area contributed by atoms with Gasteiger partial charge in [0.15, 0.2) is 0 Å². The van der Waals surface area contributed by atoms with Crippen molar-refractivity contribution in [1.29, 1.82) is 0 Å². The van der Waals surface area contributed by atoms with E-state index in [1.54, 1.807) is 0 Å². The summed E-state index contributed by atoms with van der Waals surface area (Å²) in [7, 11) is 0. The number of carboxylic acid groups (broad SMARTS) is 1. The van der Waals surface area contributed by atoms with Gasteiger partial charge in [-0.15, -0.1) is 0 Å². The lowest BCUT2D eigenvalue weighted by Crippen LogP contribution is -2.58. The highest BCUT2D eigenvalue weighted by Crippen LogP contribution is 2.23. The number of likely N-dealkylation sites (N-methyl/N-ethyl adjacent to an activating group) is 1. The molecule has 1 rings (SSSR count). The molecule has 1 fully saturated rings. The van der Waals surface area contributed by atoms with Crippen LogP contribution in [0.1, 0.15) is 53.4 Å². The van der Waals surface area contributed by atoms with E-state index in [9.17, 15) is 9.90 Å². The van der Waals surface area contributed by atoms with Gasteiger partial charge >= 0.3 is 5.97 Å². The Morgan fingerprint density at radius 3 is 2.32 bits per heavy atom. The lowest BCUT2D eigenvalue weighted by atomic mass is 9.98. The van der Waals surface area contributed by atoms with Gasteiger partial charge in [-0.3, -0.25) is 10.1 Å². The quantitative estimate of drug-likeness (QED) is 0.640. The van der Waals surface area contributed by atoms with Crippen LogP contribution >= 0.6 is 0 Å². The second kappa shape index (κ2) is 7.25. The molecule has 1 aliphatic rings. The molecule has 0 aromatic heterocycles. The fourth-order valence-electron chi connectivity index (χ4n) is 2.52. The smallest absolute Gasteiger partial charge is 0.324 e. The first-order valence-corrected chi connectivity index (χ1v) is 7.68. The Labute approximate surface area is 117 Å². The second-order valence-corrected chi connectivity index (χ2v) is 6.07. The van der Waals surface area contributed by atoms with E-state index in [0.29, 0.717) is 18.5 Å². The molecule has 0 aromatic carbocycles. The minimum absolute atomic E-state index is 0.410. The Bertz CT molecular complexity index is 288. The molecule has 1 saturated carbocycles. The fourth-order valence-corrected chi connectivity index (χ4v) is 2.52. The largest absolute Gasteiger partial charge is 0.480 e. The molecule has 0 bridgehead atoms. The first kappa shape index (κ1) is 16.4. The molecule has 0 amide bonds. The molecule has 1 atom stereocenters. The van der Waals surface area contributed by atoms with Crippen LogP contribution in [0.25, 0.3) is 0 Å². The van der Waals surface area contributed by atoms with Crippen LogP contribution in [-0.4, -0.2) is 47.2 Å². The predicted octanol–water partition coefficient (Wildman–Crippen LogP) is 2.34. The number of carbonyl (C=O) groups is 1. The molecule has 112 valence electrons. The summed E-state index contributed by atoms with van der Waals surface area (Å²) in [6.07, 6.45) is 4.54. The lowest BCUT2D eigenvalue weighted by molar-refractivity contribution is -0.145. The first-order chi connectivity index (χ1) is 8.95. The summed E-state index contributed by atoms with van der Waals surface area (Å²) >= 11 is 0. The third-order valence-corrected chi connectivity index (χ3v) is 4.23. The summed E-state index contributed by atoms with van der Waals surface area (Å²) in [5.41, 5.74) is -0.816. The van der Waals surface area contributed by atoms with Gasteiger partial charge in [0, 0.05) is 19.1 Å². The predicted molar refractivity (Wildman–Crippen MR) is 78.4 cm³/mol. The Morgan fingerprint density at radius 2 is 1.95 bits per heavy atom. The summed E-state index contributed by atoms with van der Waals surface area (Å²) in [6, 6.07) is 0.410. The van der Waals surface area contributed by atoms with E-state index in [2.05, 4.69) is 31.0 Å². The van der Waals surface area contributed by atoms with Crippen LogP contribution in [0.3, 0.4) is 0 Å². The monoisotopic (exact) mass is 270 g/mol. The van der Waals surface area contributed by atoms with Gasteiger partial charge in [-0.1, -0.05) is 33.6 Å². The second-order valence-electron chi connectivity index (χ2n) is 6.07. The maximum Gasteiger partial charge on any atom is 0.324 e. The van der Waals surface area contributed by atoms with Gasteiger partial charge in [0.2, 0.25) is 0 Å². The van der Waals surface area contributed by atoms with E-state index < -0.39 is 11.5 Å². The van der Waals surface area contributed by atoms with E-state index in [4.69, 9.17) is 0 Å². The topological polar surface area (TPSA) is 52.6 Å². The van der Waals surface area contributed by atoms with Crippen molar-refractivity contribution in [3.8, 4) is 0 Å². The third kappa shape index (κ3) is 5.11. The van der Waals surface area contributed by atoms with Crippen molar-refractivity contribution in [2.75, 3.05) is 19.6 Å². The number of aliphatic carboxylic acids is 1. The molecule has 4 nitrogen and oxygen atoms in total. The highest BCUT2D eigenvalue weighted by atomic mass is 16.4. The molecule has 1 unspecified atom stereocenters. The molecule has 19 heavy (non-hydrogen) atoms. The van der Waals surface area contributed by atoms with Crippen molar-refractivity contribution in [3.05, 3.63) is 0 Å². The third-order valence-electron chi connectivity index (χ3n) is 4.23. The molecule has 0 saturated heterocycles. The normalized spacial score (nSPS) is 18.8. The summed E-state index contributed by atoms with van der Waals surface area (Å²) in [6.45, 7) is 10.9. The molecule has 4 heteroatoms. The van der Waals surface area contributed by atoms with Gasteiger partial charge in [-0.05, 0) is 32.2 Å². The molecule has 2 N–H and O–H groups in total. The summed E-state index contributed by atoms with van der Waals surface area (Å²) in [5, 5.41) is 12.8. The number of carboxylic acids is 1. The Morgan fingerprint density at radius 1 is 1.37 bits per heavy atom. The number of hydrogen-bond acceptors (Lipinski definition) is 3. The Balaban J connectivity index is 2.60. The van der Waals surface area contributed by atoms with E-state index >= 15 is 0 Å². The maximum absolute atomic E-state index is 11.6. The van der Waals surface area contributed by atoms with Crippen molar-refractivity contribution in [3.63, 3.8) is 0 Å². The summed E-state index contributed by atoms with van der Waals surface area (Å²) < 4.78 is 0. The minimum Gasteiger partial charge on any atom is -0.480 e. The molecular weight excluding hydrogens is 240 g/mol. The van der Waals surface area contributed by atoms with Gasteiger partial charge in [-0.25, -0.2) is 0 Å². The van der Waals surface area contributed by atoms with Crippen molar-refractivity contribution < 1.29 is 9.90 Å². The Hall–Kier alpha value is -0.610. The van der Waals surface area contributed by atoms with Gasteiger partial charge in [-0.2, -0.15) is 0 Å². The zero-order chi connectivity index (χ0) is 14.5. The van der Waals surface area contributed by atoms with Gasteiger partial charge in [0.05, 0.1) is 0 Å². The number of nitrogens with one attached hydrogen (secondary N) is 1. The van der Waals surface area contributed by atoms with Crippen molar-refractivity contribution >= 4 is 5.97 Å². The lowest BCUT2D eigenvalue weighted by Gasteiger charge is -2.34. The average molecular weight is 270 g/mol. The fraction of sp³-hybridized carbons (Fsp3) is 0.933. The SMILES string of the molecule is CCC(CC)CN(CC)CC(C)(NC1CC1)C(=O)O. The van der Waals surface area contributed by atoms with Crippen LogP contribution in [0.2, 0.25) is 0 Å². The number of nitrogens with zero attached hydrogens (tertiary/aromatic N) is 1. The minimum atomic E-state index is -0.816. The van der Waals surface area contributed by atoms with E-state index in [1.165, 1.54) is 0 Å². The number of hydrogen-bond donors (Lipinski definition) is 2. The summed E-state index contributed by atoms with van der Waals surface area (Å²) in [4.78, 5) is 13.9. The van der Waals surface area contributed by atoms with Gasteiger partial charge < -0.3 is 10.0 Å². The number of rotatable bonds is 10. The van der Waals surface area contributed by atoms with Crippen LogP contribution in [0, 0.1) is 5.92 Å². The van der Waals surface area contributed by atoms with E-state index in [1.807, 2.05) is 6.92 Å². The van der Waals surface area contributed by atoms with Crippen molar-refractivity contribution in [2.45, 2.75) is 65.0 Å². The molecule has 0 heterocycles. The molecule has 1 aliphatic carbocycles. The first-order valence-electron chi connectivity index (χ1n) is 7.68. The molecular formula is C15H30N2O2. The molecule has 0 radical (unpaired) electrons. The van der Waals surface area contributed by atoms with Crippen LogP contribution in [0.5, 0.6) is 0 Å².